The second-order valence-electron chi connectivity index (χ2n) is 5.88. The van der Waals surface area contributed by atoms with Gasteiger partial charge in [0.2, 0.25) is 0 Å². The summed E-state index contributed by atoms with van der Waals surface area (Å²) in [6.07, 6.45) is 1.87. The number of benzene rings is 1. The molecule has 1 aromatic heterocycles. The second kappa shape index (κ2) is 6.08. The summed E-state index contributed by atoms with van der Waals surface area (Å²) >= 11 is 0.788. The summed E-state index contributed by atoms with van der Waals surface area (Å²) < 4.78 is 11.4. The van der Waals surface area contributed by atoms with Crippen molar-refractivity contribution in [2.75, 3.05) is 11.9 Å². The van der Waals surface area contributed by atoms with Gasteiger partial charge in [0, 0.05) is 12.0 Å². The molecule has 24 heavy (non-hydrogen) atoms. The molecule has 0 saturated heterocycles. The van der Waals surface area contributed by atoms with Crippen LogP contribution in [0.2, 0.25) is 0 Å². The van der Waals surface area contributed by atoms with Gasteiger partial charge in [0.05, 0.1) is 4.92 Å². The molecule has 9 heteroatoms. The van der Waals surface area contributed by atoms with Crippen LogP contribution in [0.5, 0.6) is 11.5 Å². The van der Waals surface area contributed by atoms with Crippen molar-refractivity contribution < 1.29 is 19.2 Å². The standard InChI is InChI=1S/C15H15N3O5S/c1-15(2)6-9-4-3-5-10(13(9)23-15)22-8-11(19)17-14-16-7-12(24-14)18(20)21/h3-5,7H,6,8H2,1-2H3,(H,16,17,19). The van der Waals surface area contributed by atoms with Gasteiger partial charge >= 0.3 is 5.00 Å². The van der Waals surface area contributed by atoms with Gasteiger partial charge in [0.25, 0.3) is 5.91 Å². The molecular formula is C15H15N3O5S. The fourth-order valence-electron chi connectivity index (χ4n) is 2.41. The number of thiazole rings is 1. The van der Waals surface area contributed by atoms with E-state index in [1.165, 1.54) is 0 Å². The highest BCUT2D eigenvalue weighted by atomic mass is 32.1. The Bertz CT molecular complexity index is 802. The van der Waals surface area contributed by atoms with Crippen molar-refractivity contribution in [3.63, 3.8) is 0 Å². The lowest BCUT2D eigenvalue weighted by Crippen LogP contribution is -2.25. The molecule has 0 radical (unpaired) electrons. The van der Waals surface area contributed by atoms with Crippen molar-refractivity contribution in [1.29, 1.82) is 0 Å². The van der Waals surface area contributed by atoms with Crippen LogP contribution in [0.15, 0.2) is 24.4 Å². The first-order chi connectivity index (χ1) is 11.3. The molecule has 0 saturated carbocycles. The highest BCUT2D eigenvalue weighted by Gasteiger charge is 2.32. The molecule has 1 aromatic carbocycles. The molecule has 2 aromatic rings. The predicted molar refractivity (Wildman–Crippen MR) is 87.7 cm³/mol. The predicted octanol–water partition coefficient (Wildman–Crippen LogP) is 2.78. The zero-order valence-corrected chi connectivity index (χ0v) is 13.9. The number of rotatable bonds is 5. The van der Waals surface area contributed by atoms with Crippen molar-refractivity contribution in [3.8, 4) is 11.5 Å². The molecule has 8 nitrogen and oxygen atoms in total. The van der Waals surface area contributed by atoms with E-state index in [9.17, 15) is 14.9 Å². The van der Waals surface area contributed by atoms with E-state index in [0.29, 0.717) is 11.5 Å². The Balaban J connectivity index is 1.61. The number of anilines is 1. The van der Waals surface area contributed by atoms with Crippen molar-refractivity contribution >= 4 is 27.4 Å². The second-order valence-corrected chi connectivity index (χ2v) is 6.89. The van der Waals surface area contributed by atoms with Crippen LogP contribution in [-0.2, 0) is 11.2 Å². The van der Waals surface area contributed by atoms with E-state index < -0.39 is 10.8 Å². The number of fused-ring (bicyclic) bond motifs is 1. The third-order valence-electron chi connectivity index (χ3n) is 3.33. The summed E-state index contributed by atoms with van der Waals surface area (Å²) in [7, 11) is 0. The normalized spacial score (nSPS) is 14.6. The highest BCUT2D eigenvalue weighted by molar-refractivity contribution is 7.18. The number of aromatic nitrogens is 1. The maximum Gasteiger partial charge on any atom is 0.345 e. The topological polar surface area (TPSA) is 104 Å². The molecule has 0 bridgehead atoms. The molecular weight excluding hydrogens is 334 g/mol. The van der Waals surface area contributed by atoms with E-state index in [1.54, 1.807) is 6.07 Å². The molecule has 126 valence electrons. The average molecular weight is 349 g/mol. The lowest BCUT2D eigenvalue weighted by molar-refractivity contribution is -0.380. The quantitative estimate of drug-likeness (QED) is 0.657. The minimum atomic E-state index is -0.559. The maximum absolute atomic E-state index is 11.9. The van der Waals surface area contributed by atoms with Crippen LogP contribution in [-0.4, -0.2) is 28.0 Å². The Labute approximate surface area is 141 Å². The molecule has 3 rings (SSSR count). The summed E-state index contributed by atoms with van der Waals surface area (Å²) in [4.78, 5) is 25.7. The average Bonchev–Trinajstić information content (AvgIpc) is 3.07. The first kappa shape index (κ1) is 16.2. The Morgan fingerprint density at radius 1 is 1.54 bits per heavy atom. The van der Waals surface area contributed by atoms with Gasteiger partial charge in [-0.1, -0.05) is 12.1 Å². The Morgan fingerprint density at radius 2 is 2.33 bits per heavy atom. The number of hydrogen-bond donors (Lipinski definition) is 1. The zero-order valence-electron chi connectivity index (χ0n) is 13.1. The van der Waals surface area contributed by atoms with Gasteiger partial charge < -0.3 is 9.47 Å². The van der Waals surface area contributed by atoms with Crippen molar-refractivity contribution in [2.45, 2.75) is 25.9 Å². The van der Waals surface area contributed by atoms with E-state index in [2.05, 4.69) is 10.3 Å². The van der Waals surface area contributed by atoms with Gasteiger partial charge in [0.1, 0.15) is 11.8 Å². The van der Waals surface area contributed by atoms with E-state index in [-0.39, 0.29) is 22.3 Å². The molecule has 0 spiro atoms. The smallest absolute Gasteiger partial charge is 0.345 e. The van der Waals surface area contributed by atoms with Crippen molar-refractivity contribution in [3.05, 3.63) is 40.1 Å². The minimum Gasteiger partial charge on any atom is -0.483 e. The number of nitrogens with one attached hydrogen (secondary N) is 1. The molecule has 0 atom stereocenters. The van der Waals surface area contributed by atoms with Crippen LogP contribution in [0.1, 0.15) is 19.4 Å². The maximum atomic E-state index is 11.9. The summed E-state index contributed by atoms with van der Waals surface area (Å²) in [6.45, 7) is 3.73. The highest BCUT2D eigenvalue weighted by Crippen LogP contribution is 2.41. The van der Waals surface area contributed by atoms with Crippen LogP contribution in [0.3, 0.4) is 0 Å². The number of amides is 1. The molecule has 0 fully saturated rings. The van der Waals surface area contributed by atoms with Gasteiger partial charge in [-0.2, -0.15) is 0 Å². The Hall–Kier alpha value is -2.68. The lowest BCUT2D eigenvalue weighted by Gasteiger charge is -2.18. The monoisotopic (exact) mass is 349 g/mol. The van der Waals surface area contributed by atoms with Crippen LogP contribution < -0.4 is 14.8 Å². The SMILES string of the molecule is CC1(C)Cc2cccc(OCC(=O)Nc3ncc([N+](=O)[O-])s3)c2O1. The van der Waals surface area contributed by atoms with Gasteiger partial charge in [-0.15, -0.1) is 0 Å². The van der Waals surface area contributed by atoms with Crippen LogP contribution in [0.25, 0.3) is 0 Å². The van der Waals surface area contributed by atoms with Crippen LogP contribution in [0.4, 0.5) is 10.1 Å². The molecule has 1 aliphatic rings. The number of nitro groups is 1. The van der Waals surface area contributed by atoms with E-state index >= 15 is 0 Å². The summed E-state index contributed by atoms with van der Waals surface area (Å²) in [5.41, 5.74) is 0.734. The van der Waals surface area contributed by atoms with Gasteiger partial charge in [-0.3, -0.25) is 20.2 Å². The Kier molecular flexibility index (Phi) is 4.10. The molecule has 0 aliphatic carbocycles. The molecule has 2 heterocycles. The van der Waals surface area contributed by atoms with Crippen LogP contribution in [0, 0.1) is 10.1 Å². The first-order valence-electron chi connectivity index (χ1n) is 7.18. The number of hydrogen-bond acceptors (Lipinski definition) is 7. The third kappa shape index (κ3) is 3.46. The summed E-state index contributed by atoms with van der Waals surface area (Å²) in [5.74, 6) is 0.702. The van der Waals surface area contributed by atoms with Gasteiger partial charge in [0.15, 0.2) is 23.2 Å². The third-order valence-corrected chi connectivity index (χ3v) is 4.20. The minimum absolute atomic E-state index is 0.136. The molecule has 1 amide bonds. The van der Waals surface area contributed by atoms with Gasteiger partial charge in [-0.05, 0) is 31.3 Å². The number of carbonyl (C=O) groups is 1. The fraction of sp³-hybridized carbons (Fsp3) is 0.333. The molecule has 0 unspecified atom stereocenters. The number of carbonyl (C=O) groups excluding carboxylic acids is 1. The summed E-state index contributed by atoms with van der Waals surface area (Å²) in [6, 6.07) is 5.55. The Morgan fingerprint density at radius 3 is 3.04 bits per heavy atom. The van der Waals surface area contributed by atoms with E-state index in [4.69, 9.17) is 9.47 Å². The first-order valence-corrected chi connectivity index (χ1v) is 7.99. The summed E-state index contributed by atoms with van der Waals surface area (Å²) in [5, 5.41) is 13.1. The van der Waals surface area contributed by atoms with Crippen molar-refractivity contribution in [1.82, 2.24) is 4.98 Å². The van der Waals surface area contributed by atoms with E-state index in [1.807, 2.05) is 26.0 Å². The van der Waals surface area contributed by atoms with E-state index in [0.717, 1.165) is 29.5 Å². The van der Waals surface area contributed by atoms with Gasteiger partial charge in [-0.25, -0.2) is 4.98 Å². The zero-order chi connectivity index (χ0) is 17.3. The van der Waals surface area contributed by atoms with Crippen LogP contribution >= 0.6 is 11.3 Å². The molecule has 1 aliphatic heterocycles. The number of nitrogens with zero attached hydrogens (tertiary/aromatic N) is 2. The largest absolute Gasteiger partial charge is 0.483 e. The molecule has 1 N–H and O–H groups in total. The number of ether oxygens (including phenoxy) is 2. The lowest BCUT2D eigenvalue weighted by atomic mass is 10.0. The van der Waals surface area contributed by atoms with Crippen molar-refractivity contribution in [2.24, 2.45) is 0 Å². The fourth-order valence-corrected chi connectivity index (χ4v) is 3.06. The number of para-hydroxylation sites is 1.